The third-order valence-electron chi connectivity index (χ3n) is 15.0. The van der Waals surface area contributed by atoms with Crippen LogP contribution in [0.3, 0.4) is 0 Å². The second kappa shape index (κ2) is 23.5. The molecule has 0 radical (unpaired) electrons. The van der Waals surface area contributed by atoms with E-state index in [1.165, 1.54) is 38.1 Å². The second-order valence-electron chi connectivity index (χ2n) is 21.3. The SMILES string of the molecule is CCn1c(-c2cc(N3CCN(C)CC3)cnc2[C@H](C)OC)c2c3cc(ccc31)-c1csc(n1)C[C@H](NC(=O)[C@H](C(C)C)N(C)C(=O)N1CCN(C(=O)/C=C/C(F)F)CC1)C(=O)N1CCC[C@H](N1)C(=O)OCC(C)(C)C2. The van der Waals surface area contributed by atoms with Gasteiger partial charge in [0.25, 0.3) is 12.3 Å². The molecule has 8 rings (SSSR count). The summed E-state index contributed by atoms with van der Waals surface area (Å²) in [5.74, 6) is -2.47. The molecule has 4 aliphatic rings. The van der Waals surface area contributed by atoms with Gasteiger partial charge in [0, 0.05) is 125 Å². The number of fused-ring (bicyclic) bond motifs is 6. The third-order valence-corrected chi connectivity index (χ3v) is 15.8. The number of hydrogen-bond donors (Lipinski definition) is 2. The number of esters is 1. The highest BCUT2D eigenvalue weighted by molar-refractivity contribution is 7.10. The van der Waals surface area contributed by atoms with E-state index in [9.17, 15) is 32.8 Å². The quantitative estimate of drug-likeness (QED) is 0.133. The number of halogens is 2. The number of nitrogens with one attached hydrogen (secondary N) is 2. The van der Waals surface area contributed by atoms with Gasteiger partial charge in [0.1, 0.15) is 18.1 Å². The van der Waals surface area contributed by atoms with E-state index in [0.717, 1.165) is 76.9 Å². The molecule has 7 heterocycles. The predicted octanol–water partition coefficient (Wildman–Crippen LogP) is 6.00. The molecule has 5 amide bonds. The van der Waals surface area contributed by atoms with Crippen LogP contribution in [0.15, 0.2) is 48.0 Å². The van der Waals surface area contributed by atoms with Gasteiger partial charge in [-0.1, -0.05) is 33.8 Å². The number of methoxy groups -OCH3 is 1. The first-order chi connectivity index (χ1) is 35.8. The number of hydrogen-bond acceptors (Lipinski definition) is 13. The minimum Gasteiger partial charge on any atom is -0.464 e. The maximum absolute atomic E-state index is 14.7. The largest absolute Gasteiger partial charge is 0.464 e. The summed E-state index contributed by atoms with van der Waals surface area (Å²) in [7, 11) is 5.37. The molecule has 1 aromatic carbocycles. The summed E-state index contributed by atoms with van der Waals surface area (Å²) in [5, 5.41) is 7.97. The summed E-state index contributed by atoms with van der Waals surface area (Å²) in [5.41, 5.74) is 10.2. The van der Waals surface area contributed by atoms with Gasteiger partial charge in [0.05, 0.1) is 46.7 Å². The van der Waals surface area contributed by atoms with E-state index in [-0.39, 0.29) is 51.9 Å². The molecule has 3 fully saturated rings. The van der Waals surface area contributed by atoms with Crippen LogP contribution in [0, 0.1) is 11.3 Å². The van der Waals surface area contributed by atoms with Crippen LogP contribution in [0.1, 0.15) is 76.8 Å². The van der Waals surface area contributed by atoms with Gasteiger partial charge in [-0.05, 0) is 75.9 Å². The fourth-order valence-electron chi connectivity index (χ4n) is 10.7. The number of urea groups is 1. The molecular formula is C54H73F2N11O7S. The molecule has 0 aliphatic carbocycles. The Morgan fingerprint density at radius 1 is 1.03 bits per heavy atom. The molecule has 2 N–H and O–H groups in total. The van der Waals surface area contributed by atoms with Crippen molar-refractivity contribution in [2.24, 2.45) is 11.3 Å². The second-order valence-corrected chi connectivity index (χ2v) is 22.3. The molecule has 6 bridgehead atoms. The highest BCUT2D eigenvalue weighted by Crippen LogP contribution is 2.43. The summed E-state index contributed by atoms with van der Waals surface area (Å²) in [6, 6.07) is 5.19. The van der Waals surface area contributed by atoms with Gasteiger partial charge < -0.3 is 43.9 Å². The smallest absolute Gasteiger partial charge is 0.324 e. The normalized spacial score (nSPS) is 20.9. The van der Waals surface area contributed by atoms with E-state index in [2.05, 4.69) is 77.2 Å². The lowest BCUT2D eigenvalue weighted by Gasteiger charge is -2.39. The minimum atomic E-state index is -2.76. The van der Waals surface area contributed by atoms with Crippen molar-refractivity contribution >= 4 is 57.6 Å². The van der Waals surface area contributed by atoms with E-state index in [4.69, 9.17) is 19.4 Å². The number of benzene rings is 1. The number of cyclic esters (lactones) is 1. The minimum absolute atomic E-state index is 0.0240. The van der Waals surface area contributed by atoms with Crippen molar-refractivity contribution in [1.29, 1.82) is 0 Å². The first-order valence-corrected chi connectivity index (χ1v) is 27.0. The monoisotopic (exact) mass is 1060 g/mol. The Labute approximate surface area is 442 Å². The summed E-state index contributed by atoms with van der Waals surface area (Å²) in [6.45, 7) is 17.2. The fourth-order valence-corrected chi connectivity index (χ4v) is 11.6. The summed E-state index contributed by atoms with van der Waals surface area (Å²) < 4.78 is 39.9. The molecule has 4 aliphatic heterocycles. The van der Waals surface area contributed by atoms with E-state index in [0.29, 0.717) is 42.6 Å². The highest BCUT2D eigenvalue weighted by atomic mass is 32.1. The molecule has 4 aromatic rings. The topological polar surface area (TPSA) is 178 Å². The summed E-state index contributed by atoms with van der Waals surface area (Å²) in [4.78, 5) is 89.1. The first-order valence-electron chi connectivity index (χ1n) is 26.1. The molecular weight excluding hydrogens is 985 g/mol. The number of amides is 5. The number of rotatable bonds is 11. The number of alkyl halides is 2. The van der Waals surface area contributed by atoms with Gasteiger partial charge in [0.2, 0.25) is 11.8 Å². The molecule has 21 heteroatoms. The van der Waals surface area contributed by atoms with Gasteiger partial charge in [0.15, 0.2) is 0 Å². The summed E-state index contributed by atoms with van der Waals surface area (Å²) >= 11 is 1.38. The van der Waals surface area contributed by atoms with E-state index < -0.39 is 65.6 Å². The Kier molecular flexibility index (Phi) is 17.3. The van der Waals surface area contributed by atoms with Crippen molar-refractivity contribution in [1.82, 2.24) is 49.9 Å². The highest BCUT2D eigenvalue weighted by Gasteiger charge is 2.39. The molecule has 0 saturated carbocycles. The van der Waals surface area contributed by atoms with Crippen molar-refractivity contribution < 1.29 is 42.2 Å². The molecule has 75 heavy (non-hydrogen) atoms. The number of aryl methyl sites for hydroxylation is 1. The van der Waals surface area contributed by atoms with Crippen LogP contribution in [-0.4, -0.2) is 180 Å². The zero-order chi connectivity index (χ0) is 53.9. The predicted molar refractivity (Wildman–Crippen MR) is 284 cm³/mol. The Morgan fingerprint density at radius 2 is 1.75 bits per heavy atom. The van der Waals surface area contributed by atoms with Crippen LogP contribution >= 0.6 is 11.3 Å². The van der Waals surface area contributed by atoms with Crippen molar-refractivity contribution in [3.63, 3.8) is 0 Å². The van der Waals surface area contributed by atoms with Crippen molar-refractivity contribution in [3.8, 4) is 22.5 Å². The average Bonchev–Trinajstić information content (AvgIpc) is 3.99. The molecule has 0 spiro atoms. The Morgan fingerprint density at radius 3 is 2.43 bits per heavy atom. The lowest BCUT2D eigenvalue weighted by molar-refractivity contribution is -0.155. The number of piperazine rings is 2. The molecule has 3 aromatic heterocycles. The lowest BCUT2D eigenvalue weighted by atomic mass is 9.84. The molecule has 18 nitrogen and oxygen atoms in total. The van der Waals surface area contributed by atoms with Crippen LogP contribution in [0.4, 0.5) is 19.3 Å². The van der Waals surface area contributed by atoms with Crippen LogP contribution in [0.2, 0.25) is 0 Å². The van der Waals surface area contributed by atoms with Crippen LogP contribution in [0.5, 0.6) is 0 Å². The lowest BCUT2D eigenvalue weighted by Crippen LogP contribution is -2.63. The molecule has 4 atom stereocenters. The average molecular weight is 1060 g/mol. The zero-order valence-corrected chi connectivity index (χ0v) is 45.6. The van der Waals surface area contributed by atoms with Crippen molar-refractivity contribution in [2.45, 2.75) is 104 Å². The van der Waals surface area contributed by atoms with E-state index >= 15 is 0 Å². The summed E-state index contributed by atoms with van der Waals surface area (Å²) in [6.07, 6.45) is 1.77. The van der Waals surface area contributed by atoms with Gasteiger partial charge in [-0.2, -0.15) is 0 Å². The standard InChI is InChI=1S/C54H73F2N11O7S/c1-10-66-43-14-13-35-26-37(43)39(49(66)38-27-36(30-57-47(38)34(4)73-9)63-20-18-61(7)19-21-63)29-54(5,6)32-74-52(71)40-12-11-17-67(60-40)51(70)41(28-45-58-42(35)31-75-45)59-50(69)48(33(2)3)62(8)53(72)65-24-22-64(23-25-65)46(68)16-15-44(55)56/h13-16,26-27,30-31,33-34,40-41,44,48,60H,10-12,17-25,28-29,32H2,1-9H3,(H,59,69)/b16-15+/t34-,40-,41-,48-/m0/s1. The number of nitrogens with zero attached hydrogens (tertiary/aromatic N) is 9. The fraction of sp³-hybridized carbons (Fsp3) is 0.574. The molecule has 3 saturated heterocycles. The van der Waals surface area contributed by atoms with Gasteiger partial charge in [-0.25, -0.2) is 24.0 Å². The van der Waals surface area contributed by atoms with Crippen molar-refractivity contribution in [2.75, 3.05) is 91.6 Å². The Balaban J connectivity index is 1.14. The number of aromatic nitrogens is 3. The number of pyridine rings is 1. The van der Waals surface area contributed by atoms with Crippen LogP contribution in [-0.2, 0) is 48.0 Å². The number of hydrazine groups is 1. The third kappa shape index (κ3) is 12.3. The number of thiazole rings is 1. The maximum atomic E-state index is 14.7. The van der Waals surface area contributed by atoms with E-state index in [1.54, 1.807) is 7.11 Å². The van der Waals surface area contributed by atoms with Crippen molar-refractivity contribution in [3.05, 3.63) is 64.3 Å². The van der Waals surface area contributed by atoms with Gasteiger partial charge in [-0.15, -0.1) is 11.3 Å². The number of ether oxygens (including phenoxy) is 2. The van der Waals surface area contributed by atoms with Gasteiger partial charge in [-0.3, -0.25) is 29.2 Å². The molecule has 406 valence electrons. The number of anilines is 1. The number of likely N-dealkylation sites (N-methyl/N-ethyl adjacent to an activating group) is 2. The van der Waals surface area contributed by atoms with E-state index in [1.807, 2.05) is 32.3 Å². The number of carbonyl (C=O) groups excluding carboxylic acids is 5. The Bertz CT molecular complexity index is 2770. The van der Waals surface area contributed by atoms with Gasteiger partial charge >= 0.3 is 12.0 Å². The number of carbonyl (C=O) groups is 5. The molecule has 0 unspecified atom stereocenters. The van der Waals surface area contributed by atoms with Crippen LogP contribution < -0.4 is 15.6 Å². The van der Waals surface area contributed by atoms with Crippen LogP contribution in [0.25, 0.3) is 33.4 Å². The first kappa shape index (κ1) is 55.2. The Hall–Kier alpha value is -6.03. The zero-order valence-electron chi connectivity index (χ0n) is 44.7. The number of allylic oxidation sites excluding steroid dienone is 1. The maximum Gasteiger partial charge on any atom is 0.324 e.